The number of nitrogens with one attached hydrogen (secondary N) is 1. The molecule has 5 rings (SSSR count). The highest BCUT2D eigenvalue weighted by Gasteiger charge is 2.29. The lowest BCUT2D eigenvalue weighted by atomic mass is 9.86. The molecule has 1 amide bonds. The Balaban J connectivity index is 0.000000223. The molecule has 35 heavy (non-hydrogen) atoms. The molecule has 0 aromatic heterocycles. The normalized spacial score (nSPS) is 23.3. The first kappa shape index (κ1) is 26.9. The molecule has 0 unspecified atom stereocenters. The van der Waals surface area contributed by atoms with Crippen LogP contribution in [0.4, 0.5) is 0 Å². The molecular weight excluding hydrogens is 460 g/mol. The van der Waals surface area contributed by atoms with Crippen molar-refractivity contribution in [2.45, 2.75) is 62.8 Å². The molecule has 5 N–H and O–H groups in total. The SMILES string of the molecule is C[C@@H](C(=O)N[C@@H]1Cc2ccccc2C[C@H]1O)c1ccccc1.Cl.N[C@@H]1Cc2ccccc2C[C@H]1O. The summed E-state index contributed by atoms with van der Waals surface area (Å²) in [6.07, 6.45) is 1.90. The van der Waals surface area contributed by atoms with E-state index < -0.39 is 6.10 Å². The predicted molar refractivity (Wildman–Crippen MR) is 142 cm³/mol. The zero-order chi connectivity index (χ0) is 24.1. The third kappa shape index (κ3) is 6.71. The highest BCUT2D eigenvalue weighted by molar-refractivity contribution is 5.85. The summed E-state index contributed by atoms with van der Waals surface area (Å²) in [7, 11) is 0. The fourth-order valence-corrected chi connectivity index (χ4v) is 4.77. The van der Waals surface area contributed by atoms with Crippen molar-refractivity contribution in [1.29, 1.82) is 0 Å². The Kier molecular flexibility index (Phi) is 9.47. The van der Waals surface area contributed by atoms with Crippen molar-refractivity contribution >= 4 is 18.3 Å². The first-order chi connectivity index (χ1) is 16.4. The van der Waals surface area contributed by atoms with E-state index in [1.54, 1.807) is 0 Å². The Morgan fingerprint density at radius 3 is 1.80 bits per heavy atom. The van der Waals surface area contributed by atoms with Crippen molar-refractivity contribution in [3.63, 3.8) is 0 Å². The van der Waals surface area contributed by atoms with Crippen LogP contribution < -0.4 is 11.1 Å². The van der Waals surface area contributed by atoms with Crippen LogP contribution in [0.2, 0.25) is 0 Å². The molecule has 0 heterocycles. The van der Waals surface area contributed by atoms with Gasteiger partial charge in [0.15, 0.2) is 0 Å². The smallest absolute Gasteiger partial charge is 0.227 e. The number of aliphatic hydroxyl groups excluding tert-OH is 2. The molecule has 0 radical (unpaired) electrons. The molecule has 0 bridgehead atoms. The second kappa shape index (κ2) is 12.3. The first-order valence-corrected chi connectivity index (χ1v) is 12.0. The van der Waals surface area contributed by atoms with Gasteiger partial charge < -0.3 is 21.3 Å². The zero-order valence-electron chi connectivity index (χ0n) is 20.0. The summed E-state index contributed by atoms with van der Waals surface area (Å²) < 4.78 is 0. The molecule has 0 saturated heterocycles. The Labute approximate surface area is 213 Å². The number of benzene rings is 3. The molecule has 2 aliphatic rings. The maximum atomic E-state index is 12.4. The topological polar surface area (TPSA) is 95.6 Å². The van der Waals surface area contributed by atoms with Crippen molar-refractivity contribution in [3.8, 4) is 0 Å². The number of halogens is 1. The quantitative estimate of drug-likeness (QED) is 0.449. The van der Waals surface area contributed by atoms with Crippen LogP contribution in [0.1, 0.15) is 40.7 Å². The number of carbonyl (C=O) groups excluding carboxylic acids is 1. The van der Waals surface area contributed by atoms with E-state index >= 15 is 0 Å². The third-order valence-electron chi connectivity index (χ3n) is 6.97. The molecule has 0 saturated carbocycles. The van der Waals surface area contributed by atoms with Gasteiger partial charge in [-0.2, -0.15) is 0 Å². The van der Waals surface area contributed by atoms with E-state index in [2.05, 4.69) is 23.5 Å². The van der Waals surface area contributed by atoms with Gasteiger partial charge in [-0.3, -0.25) is 4.79 Å². The van der Waals surface area contributed by atoms with Crippen LogP contribution >= 0.6 is 12.4 Å². The Hall–Kier alpha value is -2.70. The van der Waals surface area contributed by atoms with E-state index in [0.29, 0.717) is 19.3 Å². The minimum Gasteiger partial charge on any atom is -0.391 e. The second-order valence-electron chi connectivity index (χ2n) is 9.40. The van der Waals surface area contributed by atoms with Crippen molar-refractivity contribution in [3.05, 3.63) is 107 Å². The average Bonchev–Trinajstić information content (AvgIpc) is 2.85. The van der Waals surface area contributed by atoms with E-state index in [0.717, 1.165) is 12.0 Å². The van der Waals surface area contributed by atoms with Crippen LogP contribution in [0, 0.1) is 0 Å². The number of nitrogens with two attached hydrogens (primary N) is 1. The van der Waals surface area contributed by atoms with Crippen LogP contribution in [0.5, 0.6) is 0 Å². The number of amides is 1. The Morgan fingerprint density at radius 2 is 1.23 bits per heavy atom. The van der Waals surface area contributed by atoms with Gasteiger partial charge in [-0.05, 0) is 47.6 Å². The Bertz CT molecular complexity index is 1080. The van der Waals surface area contributed by atoms with Gasteiger partial charge in [0.1, 0.15) is 0 Å². The summed E-state index contributed by atoms with van der Waals surface area (Å²) in [6.45, 7) is 1.90. The fourth-order valence-electron chi connectivity index (χ4n) is 4.77. The summed E-state index contributed by atoms with van der Waals surface area (Å²) >= 11 is 0. The number of aliphatic hydroxyl groups is 2. The van der Waals surface area contributed by atoms with Crippen LogP contribution in [-0.2, 0) is 30.5 Å². The van der Waals surface area contributed by atoms with Gasteiger partial charge in [-0.25, -0.2) is 0 Å². The number of carbonyl (C=O) groups is 1. The van der Waals surface area contributed by atoms with Crippen LogP contribution in [0.25, 0.3) is 0 Å². The summed E-state index contributed by atoms with van der Waals surface area (Å²) in [5, 5.41) is 22.8. The van der Waals surface area contributed by atoms with E-state index in [-0.39, 0.29) is 42.4 Å². The number of rotatable bonds is 3. The minimum absolute atomic E-state index is 0. The summed E-state index contributed by atoms with van der Waals surface area (Å²) in [4.78, 5) is 12.4. The molecule has 0 fully saturated rings. The van der Waals surface area contributed by atoms with Gasteiger partial charge in [0.25, 0.3) is 0 Å². The standard InChI is InChI=1S/C19H21NO2.C10H13NO.ClH/c1-13(14-7-3-2-4-8-14)19(22)20-17-11-15-9-5-6-10-16(15)12-18(17)21;11-9-5-7-3-1-2-4-8(7)6-10(9)12;/h2-10,13,17-18,21H,11-12H2,1H3,(H,20,22);1-4,9-10,12H,5-6,11H2;1H/t13-,17-,18-;9-,10-;/m11./s1. The van der Waals surface area contributed by atoms with E-state index in [4.69, 9.17) is 5.73 Å². The minimum atomic E-state index is -0.526. The van der Waals surface area contributed by atoms with Gasteiger partial charge in [-0.1, -0.05) is 78.9 Å². The van der Waals surface area contributed by atoms with Crippen LogP contribution in [0.3, 0.4) is 0 Å². The fraction of sp³-hybridized carbons (Fsp3) is 0.345. The molecule has 186 valence electrons. The van der Waals surface area contributed by atoms with E-state index in [9.17, 15) is 15.0 Å². The lowest BCUT2D eigenvalue weighted by molar-refractivity contribution is -0.123. The Morgan fingerprint density at radius 1 is 0.771 bits per heavy atom. The van der Waals surface area contributed by atoms with Crippen LogP contribution in [0.15, 0.2) is 78.9 Å². The summed E-state index contributed by atoms with van der Waals surface area (Å²) in [5.41, 5.74) is 11.7. The molecule has 5 atom stereocenters. The van der Waals surface area contributed by atoms with Crippen molar-refractivity contribution < 1.29 is 15.0 Å². The molecule has 2 aliphatic carbocycles. The maximum absolute atomic E-state index is 12.4. The molecule has 0 aliphatic heterocycles. The van der Waals surface area contributed by atoms with Gasteiger partial charge >= 0.3 is 0 Å². The van der Waals surface area contributed by atoms with E-state index in [1.165, 1.54) is 22.3 Å². The molecule has 0 spiro atoms. The number of hydrogen-bond donors (Lipinski definition) is 4. The molecular formula is C29H35ClN2O3. The lowest BCUT2D eigenvalue weighted by Crippen LogP contribution is -2.49. The van der Waals surface area contributed by atoms with Crippen molar-refractivity contribution in [2.24, 2.45) is 5.73 Å². The largest absolute Gasteiger partial charge is 0.391 e. The zero-order valence-corrected chi connectivity index (χ0v) is 20.8. The lowest BCUT2D eigenvalue weighted by Gasteiger charge is -2.31. The highest BCUT2D eigenvalue weighted by atomic mass is 35.5. The average molecular weight is 495 g/mol. The molecule has 5 nitrogen and oxygen atoms in total. The first-order valence-electron chi connectivity index (χ1n) is 12.0. The highest BCUT2D eigenvalue weighted by Crippen LogP contribution is 2.23. The third-order valence-corrected chi connectivity index (χ3v) is 6.97. The summed E-state index contributed by atoms with van der Waals surface area (Å²) in [5.74, 6) is -0.250. The molecule has 6 heteroatoms. The molecule has 3 aromatic rings. The second-order valence-corrected chi connectivity index (χ2v) is 9.40. The van der Waals surface area contributed by atoms with Gasteiger partial charge in [0.05, 0.1) is 24.2 Å². The summed E-state index contributed by atoms with van der Waals surface area (Å²) in [6, 6.07) is 25.7. The number of hydrogen-bond acceptors (Lipinski definition) is 4. The predicted octanol–water partition coefficient (Wildman–Crippen LogP) is 3.33. The molecule has 3 aromatic carbocycles. The van der Waals surface area contributed by atoms with Gasteiger partial charge in [-0.15, -0.1) is 12.4 Å². The monoisotopic (exact) mass is 494 g/mol. The van der Waals surface area contributed by atoms with Gasteiger partial charge in [0, 0.05) is 18.9 Å². The van der Waals surface area contributed by atoms with Crippen molar-refractivity contribution in [2.75, 3.05) is 0 Å². The van der Waals surface area contributed by atoms with Gasteiger partial charge in [0.2, 0.25) is 5.91 Å². The maximum Gasteiger partial charge on any atom is 0.227 e. The number of fused-ring (bicyclic) bond motifs is 2. The van der Waals surface area contributed by atoms with Crippen LogP contribution in [-0.4, -0.2) is 40.4 Å². The van der Waals surface area contributed by atoms with E-state index in [1.807, 2.05) is 67.6 Å². The van der Waals surface area contributed by atoms with Crippen molar-refractivity contribution in [1.82, 2.24) is 5.32 Å².